The number of aliphatic imine (C=N–C) groups is 1. The quantitative estimate of drug-likeness (QED) is 0.293. The van der Waals surface area contributed by atoms with Crippen molar-refractivity contribution in [2.45, 2.75) is 0 Å². The van der Waals surface area contributed by atoms with Gasteiger partial charge in [0.05, 0.1) is 39.8 Å². The molecule has 1 heterocycles. The van der Waals surface area contributed by atoms with Gasteiger partial charge in [-0.1, -0.05) is 0 Å². The Morgan fingerprint density at radius 3 is 1.97 bits per heavy atom. The van der Waals surface area contributed by atoms with Gasteiger partial charge < -0.3 is 43.1 Å². The molecule has 166 valence electrons. The Kier molecular flexibility index (Phi) is 11.2. The van der Waals surface area contributed by atoms with Crippen molar-refractivity contribution in [2.75, 3.05) is 40.3 Å². The van der Waals surface area contributed by atoms with Gasteiger partial charge in [0.15, 0.2) is 23.0 Å². The number of carbonyl (C=O) groups is 1. The number of anilines is 1. The Labute approximate surface area is 234 Å². The number of phosphoric acid groups is 1. The molecule has 2 aromatic rings. The summed E-state index contributed by atoms with van der Waals surface area (Å²) < 4.78 is 37.1. The van der Waals surface area contributed by atoms with E-state index in [9.17, 15) is 19.1 Å². The van der Waals surface area contributed by atoms with Gasteiger partial charge in [-0.05, 0) is 24.3 Å². The van der Waals surface area contributed by atoms with Gasteiger partial charge in [0.2, 0.25) is 11.7 Å². The molecule has 0 saturated heterocycles. The van der Waals surface area contributed by atoms with Crippen LogP contribution in [0.1, 0.15) is 11.1 Å². The van der Waals surface area contributed by atoms with Gasteiger partial charge in [0.1, 0.15) is 14.4 Å². The van der Waals surface area contributed by atoms with E-state index in [0.717, 1.165) is 0 Å². The number of benzodiazepines with no additional fused rings is 1. The molecule has 0 aliphatic carbocycles. The van der Waals surface area contributed by atoms with E-state index < -0.39 is 19.5 Å². The monoisotopic (exact) mass is 496 g/mol. The smallest absolute Gasteiger partial charge is 0.780 e. The summed E-state index contributed by atoms with van der Waals surface area (Å²) in [4.78, 5) is 39.3. The number of methoxy groups -OCH3 is 4. The molecular formula is C19H19N2Na2O9P. The number of nitrogens with zero attached hydrogens (tertiary/aromatic N) is 1. The molecule has 0 unspecified atom stereocenters. The number of carbonyl (C=O) groups excluding carboxylic acids is 1. The minimum atomic E-state index is -5.46. The normalized spacial score (nSPS) is 12.5. The maximum Gasteiger partial charge on any atom is 1.00 e. The van der Waals surface area contributed by atoms with Crippen LogP contribution >= 0.6 is 7.82 Å². The van der Waals surface area contributed by atoms with Crippen LogP contribution in [0.25, 0.3) is 0 Å². The average molecular weight is 496 g/mol. The van der Waals surface area contributed by atoms with E-state index in [1.165, 1.54) is 34.5 Å². The average Bonchev–Trinajstić information content (AvgIpc) is 2.90. The van der Waals surface area contributed by atoms with E-state index in [2.05, 4.69) is 14.8 Å². The number of ether oxygens (including phenoxy) is 4. The molecule has 1 N–H and O–H groups in total. The molecule has 2 aromatic carbocycles. The van der Waals surface area contributed by atoms with Crippen LogP contribution in [-0.4, -0.2) is 46.6 Å². The van der Waals surface area contributed by atoms with Crippen molar-refractivity contribution in [1.29, 1.82) is 0 Å². The first kappa shape index (κ1) is 29.8. The summed E-state index contributed by atoms with van der Waals surface area (Å²) in [5, 5.41) is 2.52. The molecule has 0 saturated carbocycles. The van der Waals surface area contributed by atoms with Crippen LogP contribution in [0.15, 0.2) is 29.3 Å². The number of fused-ring (bicyclic) bond motifs is 1. The first-order chi connectivity index (χ1) is 14.7. The van der Waals surface area contributed by atoms with Gasteiger partial charge in [-0.25, -0.2) is 0 Å². The standard InChI is InChI=1S/C19H21N2O9P.2Na/c1-26-12-6-5-11-16(10-7-13(27-2)18(29-4)14(8-10)28-3)20-9-15(22)21-17(11)19(12)30-31(23,24)25;;/h5-8H,9H2,1-4H3,(H,21,22)(H2,23,24,25);;/q;2*+1/p-2. The second-order valence-corrected chi connectivity index (χ2v) is 7.26. The molecule has 14 heteroatoms. The van der Waals surface area contributed by atoms with Crippen molar-refractivity contribution in [3.05, 3.63) is 35.4 Å². The van der Waals surface area contributed by atoms with Gasteiger partial charge in [-0.15, -0.1) is 0 Å². The first-order valence-corrected chi connectivity index (χ1v) is 10.3. The van der Waals surface area contributed by atoms with Crippen LogP contribution in [-0.2, 0) is 9.36 Å². The van der Waals surface area contributed by atoms with Crippen molar-refractivity contribution in [1.82, 2.24) is 0 Å². The molecule has 0 radical (unpaired) electrons. The number of hydrogen-bond acceptors (Lipinski definition) is 10. The molecule has 1 aliphatic rings. The topological polar surface area (TPSA) is 151 Å². The Morgan fingerprint density at radius 2 is 1.48 bits per heavy atom. The fourth-order valence-corrected chi connectivity index (χ4v) is 3.53. The molecule has 0 fully saturated rings. The number of nitrogens with one attached hydrogen (secondary N) is 1. The number of hydrogen-bond donors (Lipinski definition) is 1. The number of phosphoric ester groups is 1. The number of benzene rings is 2. The summed E-state index contributed by atoms with van der Waals surface area (Å²) in [5.41, 5.74) is 1.01. The zero-order valence-electron chi connectivity index (χ0n) is 19.1. The van der Waals surface area contributed by atoms with Crippen LogP contribution in [0.4, 0.5) is 5.69 Å². The van der Waals surface area contributed by atoms with Crippen LogP contribution in [0.3, 0.4) is 0 Å². The molecule has 33 heavy (non-hydrogen) atoms. The molecule has 0 bridgehead atoms. The SMILES string of the molecule is COc1cc(C2=NCC(=O)Nc3c2ccc(OC)c3OP(=O)([O-])[O-])cc(OC)c1OC.[Na+].[Na+]. The Hall–Kier alpha value is -1.27. The molecule has 1 amide bonds. The maximum atomic E-state index is 12.3. The fraction of sp³-hybridized carbons (Fsp3) is 0.263. The third kappa shape index (κ3) is 6.66. The van der Waals surface area contributed by atoms with Crippen molar-refractivity contribution >= 4 is 25.1 Å². The summed E-state index contributed by atoms with van der Waals surface area (Å²) >= 11 is 0. The third-order valence-electron chi connectivity index (χ3n) is 4.38. The molecule has 1 aliphatic heterocycles. The number of amides is 1. The minimum absolute atomic E-state index is 0. The van der Waals surface area contributed by atoms with Gasteiger partial charge in [-0.2, -0.15) is 0 Å². The van der Waals surface area contributed by atoms with E-state index in [-0.39, 0.29) is 77.1 Å². The first-order valence-electron chi connectivity index (χ1n) is 8.80. The van der Waals surface area contributed by atoms with E-state index >= 15 is 0 Å². The largest absolute Gasteiger partial charge is 1.00 e. The van der Waals surface area contributed by atoms with E-state index in [1.807, 2.05) is 0 Å². The second kappa shape index (κ2) is 12.4. The zero-order valence-corrected chi connectivity index (χ0v) is 24.0. The predicted molar refractivity (Wildman–Crippen MR) is 106 cm³/mol. The zero-order chi connectivity index (χ0) is 22.8. The van der Waals surface area contributed by atoms with Crippen LogP contribution < -0.4 is 97.7 Å². The molecule has 0 spiro atoms. The van der Waals surface area contributed by atoms with Gasteiger partial charge in [0.25, 0.3) is 0 Å². The van der Waals surface area contributed by atoms with Crippen molar-refractivity contribution in [3.8, 4) is 28.7 Å². The fourth-order valence-electron chi connectivity index (χ4n) is 3.13. The second-order valence-electron chi connectivity index (χ2n) is 6.19. The van der Waals surface area contributed by atoms with E-state index in [4.69, 9.17) is 18.9 Å². The Balaban J connectivity index is 0.00000272. The summed E-state index contributed by atoms with van der Waals surface area (Å²) in [6, 6.07) is 6.19. The molecular weight excluding hydrogens is 477 g/mol. The van der Waals surface area contributed by atoms with E-state index in [0.29, 0.717) is 34.1 Å². The maximum absolute atomic E-state index is 12.3. The molecule has 0 aromatic heterocycles. The Bertz CT molecular complexity index is 1080. The van der Waals surface area contributed by atoms with Crippen molar-refractivity contribution in [3.63, 3.8) is 0 Å². The van der Waals surface area contributed by atoms with Crippen molar-refractivity contribution in [2.24, 2.45) is 4.99 Å². The molecule has 0 atom stereocenters. The minimum Gasteiger partial charge on any atom is -0.780 e. The Morgan fingerprint density at radius 1 is 0.909 bits per heavy atom. The molecule has 11 nitrogen and oxygen atoms in total. The van der Waals surface area contributed by atoms with Crippen LogP contribution in [0, 0.1) is 0 Å². The van der Waals surface area contributed by atoms with Gasteiger partial charge >= 0.3 is 59.1 Å². The van der Waals surface area contributed by atoms with Crippen molar-refractivity contribution < 1.29 is 102 Å². The van der Waals surface area contributed by atoms with Gasteiger partial charge in [-0.3, -0.25) is 9.79 Å². The number of rotatable bonds is 7. The molecule has 3 rings (SSSR count). The van der Waals surface area contributed by atoms with Gasteiger partial charge in [0, 0.05) is 11.1 Å². The summed E-state index contributed by atoms with van der Waals surface area (Å²) in [7, 11) is 0.162. The van der Waals surface area contributed by atoms with Crippen LogP contribution in [0.2, 0.25) is 0 Å². The van der Waals surface area contributed by atoms with E-state index in [1.54, 1.807) is 18.2 Å². The third-order valence-corrected chi connectivity index (χ3v) is 4.79. The summed E-state index contributed by atoms with van der Waals surface area (Å²) in [6.07, 6.45) is 0. The summed E-state index contributed by atoms with van der Waals surface area (Å²) in [5.74, 6) is 0.000496. The summed E-state index contributed by atoms with van der Waals surface area (Å²) in [6.45, 7) is -0.269. The predicted octanol–water partition coefficient (Wildman–Crippen LogP) is -5.27. The van der Waals surface area contributed by atoms with Crippen LogP contribution in [0.5, 0.6) is 28.7 Å².